The summed E-state index contributed by atoms with van der Waals surface area (Å²) >= 11 is 0. The quantitative estimate of drug-likeness (QED) is 0.845. The maximum Gasteiger partial charge on any atom is 0.312 e. The minimum absolute atomic E-state index is 0.00205. The number of benzene rings is 1. The molecule has 0 saturated carbocycles. The van der Waals surface area contributed by atoms with E-state index in [1.165, 1.54) is 0 Å². The molecule has 1 aromatic carbocycles. The maximum atomic E-state index is 12.7. The van der Waals surface area contributed by atoms with Crippen LogP contribution in [0, 0.1) is 12.3 Å². The van der Waals surface area contributed by atoms with E-state index in [0.29, 0.717) is 31.5 Å². The predicted octanol–water partition coefficient (Wildman–Crippen LogP) is 1.80. The van der Waals surface area contributed by atoms with Gasteiger partial charge < -0.3 is 19.6 Å². The molecule has 0 aliphatic carbocycles. The SMILES string of the molecule is Cc1ccc(O)c(C(=O)N2CCC3(CC2)CC(CN(C)C)OC3=O)c1. The van der Waals surface area contributed by atoms with E-state index >= 15 is 0 Å². The Balaban J connectivity index is 1.66. The number of esters is 1. The summed E-state index contributed by atoms with van der Waals surface area (Å²) in [6, 6.07) is 5.03. The van der Waals surface area contributed by atoms with Gasteiger partial charge in [0, 0.05) is 26.1 Å². The molecule has 3 rings (SSSR count). The van der Waals surface area contributed by atoms with Crippen LogP contribution in [0.15, 0.2) is 18.2 Å². The number of likely N-dealkylation sites (tertiary alicyclic amines) is 1. The number of ether oxygens (including phenoxy) is 1. The summed E-state index contributed by atoms with van der Waals surface area (Å²) in [5.74, 6) is -0.292. The lowest BCUT2D eigenvalue weighted by Gasteiger charge is -2.36. The van der Waals surface area contributed by atoms with Crippen molar-refractivity contribution in [1.82, 2.24) is 9.80 Å². The fourth-order valence-corrected chi connectivity index (χ4v) is 3.88. The number of aryl methyl sites for hydroxylation is 1. The number of hydrogen-bond acceptors (Lipinski definition) is 5. The zero-order chi connectivity index (χ0) is 18.2. The predicted molar refractivity (Wildman–Crippen MR) is 93.5 cm³/mol. The monoisotopic (exact) mass is 346 g/mol. The molecule has 0 radical (unpaired) electrons. The second-order valence-corrected chi connectivity index (χ2v) is 7.59. The summed E-state index contributed by atoms with van der Waals surface area (Å²) in [7, 11) is 3.93. The molecule has 2 heterocycles. The number of likely N-dealkylation sites (N-methyl/N-ethyl adjacent to an activating group) is 1. The highest BCUT2D eigenvalue weighted by molar-refractivity contribution is 5.97. The Morgan fingerprint density at radius 1 is 1.36 bits per heavy atom. The second-order valence-electron chi connectivity index (χ2n) is 7.59. The summed E-state index contributed by atoms with van der Waals surface area (Å²) in [4.78, 5) is 28.9. The normalized spacial score (nSPS) is 22.5. The number of cyclic esters (lactones) is 1. The van der Waals surface area contributed by atoms with Crippen molar-refractivity contribution in [2.75, 3.05) is 33.7 Å². The molecular formula is C19H26N2O4. The largest absolute Gasteiger partial charge is 0.507 e. The van der Waals surface area contributed by atoms with Gasteiger partial charge in [-0.05, 0) is 46.0 Å². The van der Waals surface area contributed by atoms with Gasteiger partial charge in [-0.25, -0.2) is 0 Å². The fraction of sp³-hybridized carbons (Fsp3) is 0.579. The van der Waals surface area contributed by atoms with E-state index in [4.69, 9.17) is 4.74 Å². The molecular weight excluding hydrogens is 320 g/mol. The van der Waals surface area contributed by atoms with Crippen molar-refractivity contribution in [3.63, 3.8) is 0 Å². The second kappa shape index (κ2) is 6.67. The zero-order valence-electron chi connectivity index (χ0n) is 15.1. The van der Waals surface area contributed by atoms with Crippen molar-refractivity contribution >= 4 is 11.9 Å². The molecule has 1 atom stereocenters. The number of carbonyl (C=O) groups is 2. The number of piperidine rings is 1. The van der Waals surface area contributed by atoms with Crippen LogP contribution in [0.4, 0.5) is 0 Å². The summed E-state index contributed by atoms with van der Waals surface area (Å²) in [6.07, 6.45) is 1.90. The maximum absolute atomic E-state index is 12.7. The molecule has 0 bridgehead atoms. The molecule has 25 heavy (non-hydrogen) atoms. The van der Waals surface area contributed by atoms with Gasteiger partial charge in [0.25, 0.3) is 5.91 Å². The Morgan fingerprint density at radius 2 is 2.04 bits per heavy atom. The van der Waals surface area contributed by atoms with E-state index in [9.17, 15) is 14.7 Å². The zero-order valence-corrected chi connectivity index (χ0v) is 15.1. The lowest BCUT2D eigenvalue weighted by Crippen LogP contribution is -2.45. The minimum Gasteiger partial charge on any atom is -0.507 e. The Bertz CT molecular complexity index is 678. The number of hydrogen-bond donors (Lipinski definition) is 1. The number of aromatic hydroxyl groups is 1. The molecule has 1 amide bonds. The summed E-state index contributed by atoms with van der Waals surface area (Å²) in [5.41, 5.74) is 0.808. The van der Waals surface area contributed by atoms with Gasteiger partial charge >= 0.3 is 5.97 Å². The van der Waals surface area contributed by atoms with Crippen LogP contribution in [0.1, 0.15) is 35.2 Å². The fourth-order valence-electron chi connectivity index (χ4n) is 3.88. The first-order chi connectivity index (χ1) is 11.8. The lowest BCUT2D eigenvalue weighted by atomic mass is 9.76. The van der Waals surface area contributed by atoms with E-state index in [0.717, 1.165) is 18.5 Å². The Morgan fingerprint density at radius 3 is 2.68 bits per heavy atom. The third-order valence-electron chi connectivity index (χ3n) is 5.28. The molecule has 2 aliphatic rings. The van der Waals surface area contributed by atoms with E-state index in [-0.39, 0.29) is 23.7 Å². The Hall–Kier alpha value is -2.08. The van der Waals surface area contributed by atoms with Crippen molar-refractivity contribution in [3.8, 4) is 5.75 Å². The van der Waals surface area contributed by atoms with Gasteiger partial charge in [0.05, 0.1) is 11.0 Å². The highest BCUT2D eigenvalue weighted by Gasteiger charge is 2.50. The molecule has 1 unspecified atom stereocenters. The van der Waals surface area contributed by atoms with Crippen LogP contribution in [0.2, 0.25) is 0 Å². The van der Waals surface area contributed by atoms with Crippen LogP contribution in [-0.2, 0) is 9.53 Å². The topological polar surface area (TPSA) is 70.1 Å². The third-order valence-corrected chi connectivity index (χ3v) is 5.28. The standard InChI is InChI=1S/C19H26N2O4/c1-13-4-5-16(22)15(10-13)17(23)21-8-6-19(7-9-21)11-14(12-20(2)3)25-18(19)24/h4-5,10,14,22H,6-9,11-12H2,1-3H3. The summed E-state index contributed by atoms with van der Waals surface area (Å²) in [6.45, 7) is 3.64. The van der Waals surface area contributed by atoms with Crippen LogP contribution < -0.4 is 0 Å². The molecule has 1 N–H and O–H groups in total. The first-order valence-electron chi connectivity index (χ1n) is 8.75. The molecule has 6 nitrogen and oxygen atoms in total. The van der Waals surface area contributed by atoms with Gasteiger partial charge in [-0.1, -0.05) is 11.6 Å². The molecule has 6 heteroatoms. The van der Waals surface area contributed by atoms with Gasteiger partial charge in [-0.2, -0.15) is 0 Å². The number of rotatable bonds is 3. The average Bonchev–Trinajstić information content (AvgIpc) is 2.84. The van der Waals surface area contributed by atoms with Crippen LogP contribution >= 0.6 is 0 Å². The van der Waals surface area contributed by atoms with Crippen molar-refractivity contribution in [2.45, 2.75) is 32.3 Å². The van der Waals surface area contributed by atoms with Gasteiger partial charge in [0.2, 0.25) is 0 Å². The highest BCUT2D eigenvalue weighted by Crippen LogP contribution is 2.43. The van der Waals surface area contributed by atoms with Gasteiger partial charge in [-0.15, -0.1) is 0 Å². The number of phenolic OH excluding ortho intramolecular Hbond substituents is 1. The third kappa shape index (κ3) is 3.49. The average molecular weight is 346 g/mol. The van der Waals surface area contributed by atoms with E-state index in [1.807, 2.05) is 25.9 Å². The van der Waals surface area contributed by atoms with Gasteiger partial charge in [0.15, 0.2) is 0 Å². The molecule has 1 aromatic rings. The van der Waals surface area contributed by atoms with Gasteiger partial charge in [0.1, 0.15) is 11.9 Å². The van der Waals surface area contributed by atoms with Gasteiger partial charge in [-0.3, -0.25) is 9.59 Å². The number of carbonyl (C=O) groups excluding carboxylic acids is 2. The molecule has 0 aromatic heterocycles. The summed E-state index contributed by atoms with van der Waals surface area (Å²) in [5, 5.41) is 9.98. The Labute approximate surface area is 148 Å². The molecule has 2 aliphatic heterocycles. The van der Waals surface area contributed by atoms with Crippen LogP contribution in [0.3, 0.4) is 0 Å². The van der Waals surface area contributed by atoms with E-state index < -0.39 is 5.41 Å². The summed E-state index contributed by atoms with van der Waals surface area (Å²) < 4.78 is 5.56. The first-order valence-corrected chi connectivity index (χ1v) is 8.75. The van der Waals surface area contributed by atoms with Crippen molar-refractivity contribution < 1.29 is 19.4 Å². The molecule has 136 valence electrons. The Kier molecular flexibility index (Phi) is 4.73. The van der Waals surface area contributed by atoms with Crippen molar-refractivity contribution in [3.05, 3.63) is 29.3 Å². The lowest BCUT2D eigenvalue weighted by molar-refractivity contribution is -0.150. The first kappa shape index (κ1) is 17.7. The van der Waals surface area contributed by atoms with Crippen molar-refractivity contribution in [2.24, 2.45) is 5.41 Å². The molecule has 2 saturated heterocycles. The number of amides is 1. The smallest absolute Gasteiger partial charge is 0.312 e. The molecule has 2 fully saturated rings. The molecule has 1 spiro atoms. The minimum atomic E-state index is -0.452. The van der Waals surface area contributed by atoms with Crippen LogP contribution in [0.25, 0.3) is 0 Å². The number of phenols is 1. The highest BCUT2D eigenvalue weighted by atomic mass is 16.6. The van der Waals surface area contributed by atoms with E-state index in [2.05, 4.69) is 0 Å². The van der Waals surface area contributed by atoms with Crippen molar-refractivity contribution in [1.29, 1.82) is 0 Å². The number of nitrogens with zero attached hydrogens (tertiary/aromatic N) is 2. The van der Waals surface area contributed by atoms with E-state index in [1.54, 1.807) is 23.1 Å². The van der Waals surface area contributed by atoms with Crippen LogP contribution in [0.5, 0.6) is 5.75 Å². The van der Waals surface area contributed by atoms with Crippen LogP contribution in [-0.4, -0.2) is 66.6 Å².